The molecule has 126 valence electrons. The number of halogens is 2. The van der Waals surface area contributed by atoms with Crippen LogP contribution in [0, 0.1) is 23.0 Å². The summed E-state index contributed by atoms with van der Waals surface area (Å²) in [4.78, 5) is 16.6. The molecule has 2 unspecified atom stereocenters. The highest BCUT2D eigenvalue weighted by Crippen LogP contribution is 2.24. The summed E-state index contributed by atoms with van der Waals surface area (Å²) < 4.78 is 36.9. The lowest BCUT2D eigenvalue weighted by Crippen LogP contribution is -2.29. The number of Topliss-reactive ketones (excluding diaryl/α,β-unsaturated/α-hetero) is 1. The quantitative estimate of drug-likeness (QED) is 0.706. The van der Waals surface area contributed by atoms with Crippen LogP contribution in [0.1, 0.15) is 18.7 Å². The van der Waals surface area contributed by atoms with Crippen LogP contribution in [-0.4, -0.2) is 16.9 Å². The summed E-state index contributed by atoms with van der Waals surface area (Å²) in [5.74, 6) is -4.03. The van der Waals surface area contributed by atoms with Gasteiger partial charge in [0, 0.05) is 6.07 Å². The fourth-order valence-electron chi connectivity index (χ4n) is 2.30. The minimum Gasteiger partial charge on any atom is -0.483 e. The van der Waals surface area contributed by atoms with Crippen molar-refractivity contribution < 1.29 is 22.7 Å². The van der Waals surface area contributed by atoms with Gasteiger partial charge in [-0.05, 0) is 31.2 Å². The van der Waals surface area contributed by atoms with Gasteiger partial charge in [0.15, 0.2) is 35.0 Å². The van der Waals surface area contributed by atoms with Crippen molar-refractivity contribution in [3.63, 3.8) is 0 Å². The summed E-state index contributed by atoms with van der Waals surface area (Å²) >= 11 is 0. The van der Waals surface area contributed by atoms with Crippen LogP contribution >= 0.6 is 0 Å². The average molecular weight is 342 g/mol. The van der Waals surface area contributed by atoms with Gasteiger partial charge < -0.3 is 9.15 Å². The van der Waals surface area contributed by atoms with Crippen molar-refractivity contribution >= 4 is 16.9 Å². The van der Waals surface area contributed by atoms with Crippen molar-refractivity contribution in [1.29, 1.82) is 5.26 Å². The number of ketones is 1. The SMILES string of the molecule is CC(Oc1ccc(F)c(F)c1)C(=O)C(C#N)c1nc2ccccc2o1. The Balaban J connectivity index is 1.81. The van der Waals surface area contributed by atoms with Gasteiger partial charge in [0.1, 0.15) is 11.3 Å². The molecule has 0 bridgehead atoms. The van der Waals surface area contributed by atoms with E-state index < -0.39 is 29.4 Å². The number of aromatic nitrogens is 1. The van der Waals surface area contributed by atoms with E-state index >= 15 is 0 Å². The maximum atomic E-state index is 13.2. The van der Waals surface area contributed by atoms with Gasteiger partial charge in [-0.3, -0.25) is 4.79 Å². The predicted octanol–water partition coefficient (Wildman–Crippen LogP) is 3.75. The standard InChI is InChI=1S/C18H12F2N2O3/c1-10(24-11-6-7-13(19)14(20)8-11)17(23)12(9-21)18-22-15-4-2-3-5-16(15)25-18/h2-8,10,12H,1H3. The molecule has 2 atom stereocenters. The molecule has 5 nitrogen and oxygen atoms in total. The first-order valence-electron chi connectivity index (χ1n) is 7.40. The summed E-state index contributed by atoms with van der Waals surface area (Å²) in [6, 6.07) is 11.6. The maximum Gasteiger partial charge on any atom is 0.220 e. The lowest BCUT2D eigenvalue weighted by Gasteiger charge is -2.15. The van der Waals surface area contributed by atoms with E-state index in [-0.39, 0.29) is 11.6 Å². The lowest BCUT2D eigenvalue weighted by molar-refractivity contribution is -0.125. The monoisotopic (exact) mass is 342 g/mol. The number of nitrogens with zero attached hydrogens (tertiary/aromatic N) is 2. The number of carbonyl (C=O) groups excluding carboxylic acids is 1. The second-order valence-corrected chi connectivity index (χ2v) is 5.32. The number of benzene rings is 2. The van der Waals surface area contributed by atoms with Gasteiger partial charge in [-0.2, -0.15) is 5.26 Å². The molecule has 0 saturated carbocycles. The van der Waals surface area contributed by atoms with E-state index in [0.29, 0.717) is 11.1 Å². The van der Waals surface area contributed by atoms with E-state index in [2.05, 4.69) is 4.98 Å². The van der Waals surface area contributed by atoms with E-state index in [1.807, 2.05) is 6.07 Å². The number of hydrogen-bond donors (Lipinski definition) is 0. The van der Waals surface area contributed by atoms with Crippen molar-refractivity contribution in [3.8, 4) is 11.8 Å². The first kappa shape index (κ1) is 16.6. The van der Waals surface area contributed by atoms with Gasteiger partial charge in [-0.15, -0.1) is 0 Å². The predicted molar refractivity (Wildman–Crippen MR) is 83.8 cm³/mol. The molecule has 3 rings (SSSR count). The number of para-hydroxylation sites is 2. The average Bonchev–Trinajstić information content (AvgIpc) is 3.02. The molecule has 2 aromatic carbocycles. The molecular weight excluding hydrogens is 330 g/mol. The Morgan fingerprint density at radius 3 is 2.68 bits per heavy atom. The van der Waals surface area contributed by atoms with Crippen LogP contribution in [0.5, 0.6) is 5.75 Å². The molecule has 0 saturated heterocycles. The number of oxazole rings is 1. The Morgan fingerprint density at radius 1 is 1.24 bits per heavy atom. The Kier molecular flexibility index (Phi) is 4.44. The van der Waals surface area contributed by atoms with Crippen LogP contribution in [-0.2, 0) is 4.79 Å². The van der Waals surface area contributed by atoms with Crippen LogP contribution in [0.3, 0.4) is 0 Å². The molecule has 1 heterocycles. The summed E-state index contributed by atoms with van der Waals surface area (Å²) in [5.41, 5.74) is 0.986. The summed E-state index contributed by atoms with van der Waals surface area (Å²) in [6.07, 6.45) is -1.08. The third-order valence-corrected chi connectivity index (χ3v) is 3.58. The molecule has 0 aliphatic rings. The van der Waals surface area contributed by atoms with E-state index in [1.54, 1.807) is 24.3 Å². The van der Waals surface area contributed by atoms with E-state index in [9.17, 15) is 18.8 Å². The fraction of sp³-hybridized carbons (Fsp3) is 0.167. The highest BCUT2D eigenvalue weighted by Gasteiger charge is 2.31. The van der Waals surface area contributed by atoms with E-state index in [1.165, 1.54) is 13.0 Å². The third kappa shape index (κ3) is 3.33. The lowest BCUT2D eigenvalue weighted by atomic mass is 10.0. The number of rotatable bonds is 5. The van der Waals surface area contributed by atoms with Crippen LogP contribution in [0.15, 0.2) is 46.9 Å². The molecule has 0 radical (unpaired) electrons. The molecule has 0 spiro atoms. The second kappa shape index (κ2) is 6.69. The van der Waals surface area contributed by atoms with Crippen LogP contribution in [0.2, 0.25) is 0 Å². The number of hydrogen-bond acceptors (Lipinski definition) is 5. The van der Waals surface area contributed by atoms with Crippen molar-refractivity contribution in [2.45, 2.75) is 18.9 Å². The Labute approximate surface area is 141 Å². The van der Waals surface area contributed by atoms with Gasteiger partial charge in [-0.1, -0.05) is 12.1 Å². The minimum absolute atomic E-state index is 0.0194. The van der Waals surface area contributed by atoms with Gasteiger partial charge >= 0.3 is 0 Å². The first-order valence-corrected chi connectivity index (χ1v) is 7.40. The first-order chi connectivity index (χ1) is 12.0. The van der Waals surface area contributed by atoms with Gasteiger partial charge in [0.2, 0.25) is 5.89 Å². The molecular formula is C18H12F2N2O3. The Hall–Kier alpha value is -3.27. The summed E-state index contributed by atoms with van der Waals surface area (Å²) in [7, 11) is 0. The molecule has 1 aromatic heterocycles. The van der Waals surface area contributed by atoms with E-state index in [4.69, 9.17) is 9.15 Å². The molecule has 25 heavy (non-hydrogen) atoms. The van der Waals surface area contributed by atoms with Crippen molar-refractivity contribution in [3.05, 3.63) is 60.0 Å². The Bertz CT molecular complexity index is 945. The Morgan fingerprint density at radius 2 is 2.00 bits per heavy atom. The van der Waals surface area contributed by atoms with Crippen molar-refractivity contribution in [2.75, 3.05) is 0 Å². The molecule has 0 aliphatic heterocycles. The van der Waals surface area contributed by atoms with Crippen molar-refractivity contribution in [2.24, 2.45) is 0 Å². The summed E-state index contributed by atoms with van der Waals surface area (Å²) in [5, 5.41) is 9.33. The van der Waals surface area contributed by atoms with Crippen LogP contribution in [0.25, 0.3) is 11.1 Å². The van der Waals surface area contributed by atoms with Crippen LogP contribution in [0.4, 0.5) is 8.78 Å². The zero-order valence-corrected chi connectivity index (χ0v) is 13.1. The fourth-order valence-corrected chi connectivity index (χ4v) is 2.30. The molecule has 0 N–H and O–H groups in total. The molecule has 0 amide bonds. The molecule has 7 heteroatoms. The second-order valence-electron chi connectivity index (χ2n) is 5.32. The normalized spacial score (nSPS) is 13.2. The highest BCUT2D eigenvalue weighted by molar-refractivity contribution is 5.91. The van der Waals surface area contributed by atoms with Crippen LogP contribution < -0.4 is 4.74 Å². The number of ether oxygens (including phenoxy) is 1. The number of fused-ring (bicyclic) bond motifs is 1. The highest BCUT2D eigenvalue weighted by atomic mass is 19.2. The zero-order valence-electron chi connectivity index (χ0n) is 13.1. The molecule has 0 fully saturated rings. The van der Waals surface area contributed by atoms with Gasteiger partial charge in [0.05, 0.1) is 6.07 Å². The third-order valence-electron chi connectivity index (χ3n) is 3.58. The van der Waals surface area contributed by atoms with E-state index in [0.717, 1.165) is 12.1 Å². The largest absolute Gasteiger partial charge is 0.483 e. The zero-order chi connectivity index (χ0) is 18.0. The minimum atomic E-state index is -1.27. The summed E-state index contributed by atoms with van der Waals surface area (Å²) in [6.45, 7) is 1.41. The number of carbonyl (C=O) groups is 1. The molecule has 3 aromatic rings. The molecule has 0 aliphatic carbocycles. The van der Waals surface area contributed by atoms with Gasteiger partial charge in [-0.25, -0.2) is 13.8 Å². The number of nitriles is 1. The topological polar surface area (TPSA) is 76.1 Å². The smallest absolute Gasteiger partial charge is 0.220 e. The maximum absolute atomic E-state index is 13.2. The van der Waals surface area contributed by atoms with Crippen molar-refractivity contribution in [1.82, 2.24) is 4.98 Å². The van der Waals surface area contributed by atoms with Gasteiger partial charge in [0.25, 0.3) is 0 Å².